The number of nitrogens with zero attached hydrogens (tertiary/aromatic N) is 2. The summed E-state index contributed by atoms with van der Waals surface area (Å²) in [5.74, 6) is 0.0534. The van der Waals surface area contributed by atoms with Crippen molar-refractivity contribution in [3.05, 3.63) is 56.9 Å². The molecule has 3 rings (SSSR count). The molecule has 0 amide bonds. The number of imidazole rings is 1. The molecule has 6 heteroatoms. The maximum absolute atomic E-state index is 13.8. The Hall–Kier alpha value is -1.21. The zero-order chi connectivity index (χ0) is 15.1. The maximum atomic E-state index is 13.8. The van der Waals surface area contributed by atoms with Crippen molar-refractivity contribution in [3.63, 3.8) is 0 Å². The van der Waals surface area contributed by atoms with Gasteiger partial charge in [0.05, 0.1) is 26.2 Å². The second-order valence-corrected chi connectivity index (χ2v) is 6.12. The van der Waals surface area contributed by atoms with E-state index < -0.39 is 0 Å². The zero-order valence-corrected chi connectivity index (χ0v) is 13.9. The molecule has 1 heterocycles. The van der Waals surface area contributed by atoms with Crippen molar-refractivity contribution in [3.8, 4) is 5.69 Å². The van der Waals surface area contributed by atoms with Gasteiger partial charge < -0.3 is 0 Å². The number of alkyl halides is 1. The van der Waals surface area contributed by atoms with Gasteiger partial charge in [-0.25, -0.2) is 13.8 Å². The molecule has 0 atom stereocenters. The molecule has 0 aliphatic heterocycles. The van der Waals surface area contributed by atoms with Crippen LogP contribution in [-0.4, -0.2) is 9.55 Å². The molecule has 108 valence electrons. The number of hydrogen-bond donors (Lipinski definition) is 0. The number of aryl methyl sites for hydroxylation is 1. The van der Waals surface area contributed by atoms with Crippen molar-refractivity contribution in [1.29, 1.82) is 0 Å². The lowest BCUT2D eigenvalue weighted by Gasteiger charge is -2.09. The lowest BCUT2D eigenvalue weighted by Crippen LogP contribution is -2.00. The van der Waals surface area contributed by atoms with Gasteiger partial charge in [0.1, 0.15) is 17.5 Å². The molecule has 0 fully saturated rings. The molecule has 0 N–H and O–H groups in total. The van der Waals surface area contributed by atoms with E-state index in [0.717, 1.165) is 0 Å². The van der Waals surface area contributed by atoms with Crippen LogP contribution < -0.4 is 0 Å². The van der Waals surface area contributed by atoms with Crippen molar-refractivity contribution in [2.24, 2.45) is 0 Å². The quantitative estimate of drug-likeness (QED) is 0.425. The second kappa shape index (κ2) is 5.53. The van der Waals surface area contributed by atoms with Crippen LogP contribution in [0.3, 0.4) is 0 Å². The monoisotopic (exact) mass is 418 g/mol. The molecule has 0 radical (unpaired) electrons. The predicted molar refractivity (Wildman–Crippen MR) is 88.0 cm³/mol. The molecule has 0 saturated carbocycles. The third-order valence-electron chi connectivity index (χ3n) is 3.30. The average Bonchev–Trinajstić information content (AvgIpc) is 2.80. The standard InChI is InChI=1S/C15H10ClF2IN2/c1-8-2-3-9(4-10(8)17)21-14-5-11(18)12(19)6-13(14)20-15(21)7-16/h2-6H,7H2,1H3. The highest BCUT2D eigenvalue weighted by Crippen LogP contribution is 2.26. The maximum Gasteiger partial charge on any atom is 0.138 e. The Kier molecular flexibility index (Phi) is 3.88. The SMILES string of the molecule is Cc1ccc(-n2c(CCl)nc3cc(I)c(F)cc32)cc1F. The van der Waals surface area contributed by atoms with E-state index in [2.05, 4.69) is 4.98 Å². The van der Waals surface area contributed by atoms with Crippen molar-refractivity contribution in [2.75, 3.05) is 0 Å². The molecule has 0 saturated heterocycles. The van der Waals surface area contributed by atoms with Gasteiger partial charge in [0.2, 0.25) is 0 Å². The highest BCUT2D eigenvalue weighted by atomic mass is 127. The summed E-state index contributed by atoms with van der Waals surface area (Å²) in [6.45, 7) is 1.69. The molecule has 2 nitrogen and oxygen atoms in total. The number of aromatic nitrogens is 2. The first-order valence-corrected chi connectivity index (χ1v) is 7.81. The topological polar surface area (TPSA) is 17.8 Å². The first-order valence-electron chi connectivity index (χ1n) is 6.20. The summed E-state index contributed by atoms with van der Waals surface area (Å²) in [4.78, 5) is 4.40. The molecule has 0 bridgehead atoms. The minimum atomic E-state index is -0.335. The largest absolute Gasteiger partial charge is 0.295 e. The smallest absolute Gasteiger partial charge is 0.138 e. The van der Waals surface area contributed by atoms with Crippen LogP contribution in [0.4, 0.5) is 8.78 Å². The lowest BCUT2D eigenvalue weighted by molar-refractivity contribution is 0.617. The van der Waals surface area contributed by atoms with Crippen LogP contribution in [-0.2, 0) is 5.88 Å². The average molecular weight is 419 g/mol. The van der Waals surface area contributed by atoms with Gasteiger partial charge in [-0.3, -0.25) is 4.57 Å². The van der Waals surface area contributed by atoms with Crippen molar-refractivity contribution in [2.45, 2.75) is 12.8 Å². The third-order valence-corrected chi connectivity index (χ3v) is 4.36. The fourth-order valence-corrected chi connectivity index (χ4v) is 2.85. The number of fused-ring (bicyclic) bond motifs is 1. The van der Waals surface area contributed by atoms with Gasteiger partial charge in [-0.1, -0.05) is 6.07 Å². The second-order valence-electron chi connectivity index (χ2n) is 4.69. The molecule has 0 spiro atoms. The fraction of sp³-hybridized carbons (Fsp3) is 0.133. The van der Waals surface area contributed by atoms with Gasteiger partial charge in [-0.05, 0) is 53.3 Å². The van der Waals surface area contributed by atoms with E-state index in [1.54, 1.807) is 29.7 Å². The Balaban J connectivity index is 2.34. The van der Waals surface area contributed by atoms with E-state index in [-0.39, 0.29) is 17.5 Å². The van der Waals surface area contributed by atoms with E-state index in [9.17, 15) is 8.78 Å². The van der Waals surface area contributed by atoms with E-state index in [1.807, 2.05) is 22.6 Å². The number of hydrogen-bond acceptors (Lipinski definition) is 1. The highest BCUT2D eigenvalue weighted by Gasteiger charge is 2.15. The van der Waals surface area contributed by atoms with E-state index in [1.165, 1.54) is 12.1 Å². The van der Waals surface area contributed by atoms with E-state index in [0.29, 0.717) is 31.7 Å². The summed E-state index contributed by atoms with van der Waals surface area (Å²) in [5, 5.41) is 0. The summed E-state index contributed by atoms with van der Waals surface area (Å²) in [6, 6.07) is 7.91. The summed E-state index contributed by atoms with van der Waals surface area (Å²) in [5.41, 5.74) is 2.34. The van der Waals surface area contributed by atoms with Crippen molar-refractivity contribution >= 4 is 45.2 Å². The van der Waals surface area contributed by atoms with Gasteiger partial charge >= 0.3 is 0 Å². The van der Waals surface area contributed by atoms with Crippen LogP contribution in [0.25, 0.3) is 16.7 Å². The van der Waals surface area contributed by atoms with Crippen LogP contribution in [0.5, 0.6) is 0 Å². The van der Waals surface area contributed by atoms with Crippen LogP contribution >= 0.6 is 34.2 Å². The van der Waals surface area contributed by atoms with Crippen LogP contribution in [0.2, 0.25) is 0 Å². The molecule has 2 aromatic carbocycles. The van der Waals surface area contributed by atoms with E-state index >= 15 is 0 Å². The molecule has 3 aromatic rings. The zero-order valence-electron chi connectivity index (χ0n) is 11.0. The normalized spacial score (nSPS) is 11.3. The number of halogens is 4. The molecular weight excluding hydrogens is 409 g/mol. The van der Waals surface area contributed by atoms with Crippen LogP contribution in [0.1, 0.15) is 11.4 Å². The molecule has 0 unspecified atom stereocenters. The first kappa shape index (κ1) is 14.7. The van der Waals surface area contributed by atoms with Gasteiger partial charge in [0, 0.05) is 6.07 Å². The van der Waals surface area contributed by atoms with Gasteiger partial charge in [-0.2, -0.15) is 0 Å². The Labute approximate surface area is 138 Å². The minimum absolute atomic E-state index is 0.155. The molecule has 0 aliphatic rings. The lowest BCUT2D eigenvalue weighted by atomic mass is 10.2. The molecule has 0 aliphatic carbocycles. The summed E-state index contributed by atoms with van der Waals surface area (Å²) >= 11 is 7.84. The van der Waals surface area contributed by atoms with Crippen LogP contribution in [0.15, 0.2) is 30.3 Å². The summed E-state index contributed by atoms with van der Waals surface area (Å²) in [7, 11) is 0. The van der Waals surface area contributed by atoms with Crippen LogP contribution in [0, 0.1) is 22.1 Å². The predicted octanol–water partition coefficient (Wildman–Crippen LogP) is 4.96. The Morgan fingerprint density at radius 1 is 1.19 bits per heavy atom. The Morgan fingerprint density at radius 3 is 2.62 bits per heavy atom. The first-order chi connectivity index (χ1) is 10.0. The third kappa shape index (κ3) is 2.53. The summed E-state index contributed by atoms with van der Waals surface area (Å²) < 4.78 is 29.8. The Morgan fingerprint density at radius 2 is 1.95 bits per heavy atom. The van der Waals surface area contributed by atoms with Crippen molar-refractivity contribution < 1.29 is 8.78 Å². The highest BCUT2D eigenvalue weighted by molar-refractivity contribution is 14.1. The molecular formula is C15H10ClF2IN2. The van der Waals surface area contributed by atoms with Crippen molar-refractivity contribution in [1.82, 2.24) is 9.55 Å². The van der Waals surface area contributed by atoms with Gasteiger partial charge in [0.15, 0.2) is 0 Å². The molecule has 21 heavy (non-hydrogen) atoms. The Bertz CT molecular complexity index is 845. The number of rotatable bonds is 2. The fourth-order valence-electron chi connectivity index (χ4n) is 2.22. The summed E-state index contributed by atoms with van der Waals surface area (Å²) in [6.07, 6.45) is 0. The molecule has 1 aromatic heterocycles. The van der Waals surface area contributed by atoms with Gasteiger partial charge in [-0.15, -0.1) is 11.6 Å². The van der Waals surface area contributed by atoms with E-state index in [4.69, 9.17) is 11.6 Å². The number of benzene rings is 2. The minimum Gasteiger partial charge on any atom is -0.295 e. The van der Waals surface area contributed by atoms with Gasteiger partial charge in [0.25, 0.3) is 0 Å².